The minimum Gasteiger partial charge on any atom is -0.390 e. The van der Waals surface area contributed by atoms with Crippen molar-refractivity contribution < 1.29 is 13.9 Å². The summed E-state index contributed by atoms with van der Waals surface area (Å²) in [7, 11) is 0. The minimum atomic E-state index is -0.567. The predicted molar refractivity (Wildman–Crippen MR) is 100 cm³/mol. The van der Waals surface area contributed by atoms with Gasteiger partial charge in [0.15, 0.2) is 0 Å². The normalized spacial score (nSPS) is 16.5. The standard InChI is InChI=1S/C21H24F2N2O/c1-2-24(16-4-3-5-16)12-17(26)13-25-20-9-7-14(22)10-19(20)18-8-6-15(23)11-21(18)25/h6-11,16-17,26H,2-5,12-13H2,1H3. The highest BCUT2D eigenvalue weighted by molar-refractivity contribution is 6.08. The number of nitrogens with zero attached hydrogens (tertiary/aromatic N) is 2. The van der Waals surface area contributed by atoms with Gasteiger partial charge in [0.25, 0.3) is 0 Å². The van der Waals surface area contributed by atoms with E-state index >= 15 is 0 Å². The molecule has 1 unspecified atom stereocenters. The lowest BCUT2D eigenvalue weighted by atomic mass is 9.91. The Labute approximate surface area is 151 Å². The lowest BCUT2D eigenvalue weighted by molar-refractivity contribution is 0.0552. The van der Waals surface area contributed by atoms with E-state index in [4.69, 9.17) is 0 Å². The molecular weight excluding hydrogens is 334 g/mol. The molecular formula is C21H24F2N2O. The largest absolute Gasteiger partial charge is 0.390 e. The quantitative estimate of drug-likeness (QED) is 0.711. The summed E-state index contributed by atoms with van der Waals surface area (Å²) in [6.07, 6.45) is 3.08. The topological polar surface area (TPSA) is 28.4 Å². The first kappa shape index (κ1) is 17.4. The van der Waals surface area contributed by atoms with Crippen LogP contribution in [0.25, 0.3) is 21.8 Å². The van der Waals surface area contributed by atoms with Gasteiger partial charge < -0.3 is 9.67 Å². The van der Waals surface area contributed by atoms with Gasteiger partial charge in [-0.1, -0.05) is 13.3 Å². The molecule has 0 saturated heterocycles. The molecule has 0 bridgehead atoms. The zero-order chi connectivity index (χ0) is 18.3. The summed E-state index contributed by atoms with van der Waals surface area (Å²) < 4.78 is 29.5. The molecule has 3 aromatic rings. The van der Waals surface area contributed by atoms with E-state index in [1.807, 2.05) is 4.57 Å². The smallest absolute Gasteiger partial charge is 0.125 e. The van der Waals surface area contributed by atoms with Gasteiger partial charge in [0.05, 0.1) is 18.2 Å². The van der Waals surface area contributed by atoms with Gasteiger partial charge in [-0.2, -0.15) is 0 Å². The van der Waals surface area contributed by atoms with Crippen LogP contribution in [0.4, 0.5) is 8.78 Å². The summed E-state index contributed by atoms with van der Waals surface area (Å²) in [4.78, 5) is 2.32. The number of halogens is 2. The first-order valence-electron chi connectivity index (χ1n) is 9.36. The summed E-state index contributed by atoms with van der Waals surface area (Å²) >= 11 is 0. The molecule has 0 amide bonds. The first-order chi connectivity index (χ1) is 12.6. The van der Waals surface area contributed by atoms with Crippen molar-refractivity contribution in [3.63, 3.8) is 0 Å². The third kappa shape index (κ3) is 3.10. The lowest BCUT2D eigenvalue weighted by Gasteiger charge is -2.38. The van der Waals surface area contributed by atoms with Gasteiger partial charge in [-0.05, 0) is 55.8 Å². The zero-order valence-electron chi connectivity index (χ0n) is 15.0. The van der Waals surface area contributed by atoms with Crippen molar-refractivity contribution in [3.05, 3.63) is 48.0 Å². The van der Waals surface area contributed by atoms with E-state index in [9.17, 15) is 13.9 Å². The second-order valence-electron chi connectivity index (χ2n) is 7.26. The average molecular weight is 358 g/mol. The highest BCUT2D eigenvalue weighted by Gasteiger charge is 2.25. The Morgan fingerprint density at radius 2 is 1.81 bits per heavy atom. The van der Waals surface area contributed by atoms with Crippen LogP contribution in [0, 0.1) is 11.6 Å². The van der Waals surface area contributed by atoms with Crippen molar-refractivity contribution >= 4 is 21.8 Å². The number of aliphatic hydroxyl groups is 1. The monoisotopic (exact) mass is 358 g/mol. The number of fused-ring (bicyclic) bond motifs is 3. The molecule has 0 radical (unpaired) electrons. The molecule has 1 atom stereocenters. The van der Waals surface area contributed by atoms with Gasteiger partial charge in [-0.25, -0.2) is 8.78 Å². The Bertz CT molecular complexity index is 933. The molecule has 1 heterocycles. The fraction of sp³-hybridized carbons (Fsp3) is 0.429. The molecule has 1 fully saturated rings. The number of likely N-dealkylation sites (N-methyl/N-ethyl adjacent to an activating group) is 1. The van der Waals surface area contributed by atoms with E-state index in [1.54, 1.807) is 12.1 Å². The van der Waals surface area contributed by atoms with E-state index < -0.39 is 6.10 Å². The third-order valence-electron chi connectivity index (χ3n) is 5.63. The molecule has 5 heteroatoms. The molecule has 1 aliphatic carbocycles. The van der Waals surface area contributed by atoms with Gasteiger partial charge >= 0.3 is 0 Å². The number of hydrogen-bond donors (Lipinski definition) is 1. The maximum Gasteiger partial charge on any atom is 0.125 e. The molecule has 1 N–H and O–H groups in total. The zero-order valence-corrected chi connectivity index (χ0v) is 15.0. The molecule has 26 heavy (non-hydrogen) atoms. The Morgan fingerprint density at radius 3 is 2.50 bits per heavy atom. The van der Waals surface area contributed by atoms with Crippen molar-refractivity contribution in [1.82, 2.24) is 9.47 Å². The van der Waals surface area contributed by atoms with Crippen molar-refractivity contribution in [2.75, 3.05) is 13.1 Å². The average Bonchev–Trinajstić information content (AvgIpc) is 2.85. The summed E-state index contributed by atoms with van der Waals surface area (Å²) in [5, 5.41) is 12.3. The molecule has 2 aromatic carbocycles. The Kier molecular flexibility index (Phi) is 4.67. The van der Waals surface area contributed by atoms with Crippen LogP contribution in [0.15, 0.2) is 36.4 Å². The molecule has 4 rings (SSSR count). The Morgan fingerprint density at radius 1 is 1.08 bits per heavy atom. The molecule has 1 aliphatic rings. The second-order valence-corrected chi connectivity index (χ2v) is 7.26. The molecule has 1 aromatic heterocycles. The van der Waals surface area contributed by atoms with E-state index in [1.165, 1.54) is 43.5 Å². The van der Waals surface area contributed by atoms with E-state index in [0.717, 1.165) is 22.8 Å². The Hall–Kier alpha value is -1.98. The molecule has 3 nitrogen and oxygen atoms in total. The highest BCUT2D eigenvalue weighted by Crippen LogP contribution is 2.31. The van der Waals surface area contributed by atoms with Crippen LogP contribution in [0.3, 0.4) is 0 Å². The van der Waals surface area contributed by atoms with Crippen LogP contribution in [0.1, 0.15) is 26.2 Å². The van der Waals surface area contributed by atoms with Crippen molar-refractivity contribution in [2.45, 2.75) is 44.9 Å². The lowest BCUT2D eigenvalue weighted by Crippen LogP contribution is -2.44. The fourth-order valence-electron chi connectivity index (χ4n) is 4.07. The fourth-order valence-corrected chi connectivity index (χ4v) is 4.07. The first-order valence-corrected chi connectivity index (χ1v) is 9.36. The predicted octanol–water partition coefficient (Wildman–Crippen LogP) is 4.31. The van der Waals surface area contributed by atoms with Crippen LogP contribution in [-0.2, 0) is 6.54 Å². The summed E-state index contributed by atoms with van der Waals surface area (Å²) in [5.74, 6) is -0.648. The number of benzene rings is 2. The summed E-state index contributed by atoms with van der Waals surface area (Å²) in [5.41, 5.74) is 1.51. The SMILES string of the molecule is CCN(CC(O)Cn1c2ccc(F)cc2c2ccc(F)cc21)C1CCC1. The minimum absolute atomic E-state index is 0.316. The maximum absolute atomic E-state index is 13.8. The maximum atomic E-state index is 13.8. The molecule has 138 valence electrons. The Balaban J connectivity index is 1.68. The van der Waals surface area contributed by atoms with E-state index in [2.05, 4.69) is 11.8 Å². The number of aromatic nitrogens is 1. The van der Waals surface area contributed by atoms with Crippen LogP contribution >= 0.6 is 0 Å². The van der Waals surface area contributed by atoms with Crippen molar-refractivity contribution in [3.8, 4) is 0 Å². The van der Waals surface area contributed by atoms with Crippen molar-refractivity contribution in [1.29, 1.82) is 0 Å². The van der Waals surface area contributed by atoms with Crippen LogP contribution < -0.4 is 0 Å². The van der Waals surface area contributed by atoms with E-state index in [-0.39, 0.29) is 11.6 Å². The van der Waals surface area contributed by atoms with Gasteiger partial charge in [0.2, 0.25) is 0 Å². The van der Waals surface area contributed by atoms with E-state index in [0.29, 0.717) is 24.6 Å². The molecule has 0 aliphatic heterocycles. The highest BCUT2D eigenvalue weighted by atomic mass is 19.1. The van der Waals surface area contributed by atoms with Crippen LogP contribution in [-0.4, -0.2) is 39.8 Å². The summed E-state index contributed by atoms with van der Waals surface area (Å²) in [6.45, 7) is 3.98. The van der Waals surface area contributed by atoms with Gasteiger partial charge in [-0.3, -0.25) is 4.90 Å². The summed E-state index contributed by atoms with van der Waals surface area (Å²) in [6, 6.07) is 9.70. The number of aliphatic hydroxyl groups excluding tert-OH is 1. The number of rotatable bonds is 6. The second kappa shape index (κ2) is 6.97. The number of hydrogen-bond acceptors (Lipinski definition) is 2. The van der Waals surface area contributed by atoms with Crippen LogP contribution in [0.5, 0.6) is 0 Å². The van der Waals surface area contributed by atoms with Gasteiger partial charge in [0.1, 0.15) is 11.6 Å². The van der Waals surface area contributed by atoms with Gasteiger partial charge in [0, 0.05) is 28.9 Å². The van der Waals surface area contributed by atoms with Gasteiger partial charge in [-0.15, -0.1) is 0 Å². The van der Waals surface area contributed by atoms with Crippen molar-refractivity contribution in [2.24, 2.45) is 0 Å². The molecule has 1 saturated carbocycles. The van der Waals surface area contributed by atoms with Crippen LogP contribution in [0.2, 0.25) is 0 Å². The molecule has 0 spiro atoms. The third-order valence-corrected chi connectivity index (χ3v) is 5.63.